The molecule has 0 saturated heterocycles. The van der Waals surface area contributed by atoms with E-state index in [2.05, 4.69) is 42.6 Å². The number of rotatable bonds is 7. The van der Waals surface area contributed by atoms with E-state index < -0.39 is 0 Å². The van der Waals surface area contributed by atoms with Crippen LogP contribution in [0.2, 0.25) is 5.02 Å². The maximum atomic E-state index is 6.24. The third kappa shape index (κ3) is 4.76. The van der Waals surface area contributed by atoms with Crippen LogP contribution in [-0.2, 0) is 13.0 Å². The van der Waals surface area contributed by atoms with Crippen molar-refractivity contribution in [2.45, 2.75) is 32.4 Å². The quantitative estimate of drug-likeness (QED) is 0.815. The predicted octanol–water partition coefficient (Wildman–Crippen LogP) is 4.46. The van der Waals surface area contributed by atoms with Gasteiger partial charge in [-0.1, -0.05) is 48.0 Å². The topological polar surface area (TPSA) is 21.3 Å². The van der Waals surface area contributed by atoms with Crippen LogP contribution in [0.15, 0.2) is 48.5 Å². The monoisotopic (exact) mass is 303 g/mol. The number of hydrogen-bond donors (Lipinski definition) is 1. The molecule has 112 valence electrons. The molecular weight excluding hydrogens is 282 g/mol. The summed E-state index contributed by atoms with van der Waals surface area (Å²) >= 11 is 6.24. The maximum Gasteiger partial charge on any atom is 0.124 e. The lowest BCUT2D eigenvalue weighted by atomic mass is 10.1. The molecule has 2 nitrogen and oxygen atoms in total. The Morgan fingerprint density at radius 1 is 1.10 bits per heavy atom. The summed E-state index contributed by atoms with van der Waals surface area (Å²) in [4.78, 5) is 0. The van der Waals surface area contributed by atoms with Gasteiger partial charge in [-0.3, -0.25) is 0 Å². The zero-order valence-corrected chi connectivity index (χ0v) is 13.4. The number of methoxy groups -OCH3 is 1. The maximum absolute atomic E-state index is 6.24. The highest BCUT2D eigenvalue weighted by molar-refractivity contribution is 6.31. The highest BCUT2D eigenvalue weighted by Gasteiger charge is 2.09. The third-order valence-electron chi connectivity index (χ3n) is 3.63. The molecule has 0 saturated carbocycles. The first-order valence-electron chi connectivity index (χ1n) is 7.29. The Hall–Kier alpha value is -1.51. The second-order valence-corrected chi connectivity index (χ2v) is 5.63. The molecule has 1 unspecified atom stereocenters. The molecule has 0 amide bonds. The first-order chi connectivity index (χ1) is 10.2. The Morgan fingerprint density at radius 2 is 1.86 bits per heavy atom. The zero-order chi connectivity index (χ0) is 15.1. The predicted molar refractivity (Wildman–Crippen MR) is 89.1 cm³/mol. The molecule has 0 fully saturated rings. The summed E-state index contributed by atoms with van der Waals surface area (Å²) in [5.41, 5.74) is 2.40. The third-order valence-corrected chi connectivity index (χ3v) is 3.99. The summed E-state index contributed by atoms with van der Waals surface area (Å²) in [5.74, 6) is 0.838. The van der Waals surface area contributed by atoms with Crippen LogP contribution in [0, 0.1) is 0 Å². The molecule has 0 heterocycles. The smallest absolute Gasteiger partial charge is 0.124 e. The lowest BCUT2D eigenvalue weighted by molar-refractivity contribution is 0.405. The number of halogens is 1. The normalized spacial score (nSPS) is 12.1. The number of benzene rings is 2. The fourth-order valence-electron chi connectivity index (χ4n) is 2.31. The van der Waals surface area contributed by atoms with Gasteiger partial charge in [0.05, 0.1) is 7.11 Å². The van der Waals surface area contributed by atoms with Crippen LogP contribution < -0.4 is 10.1 Å². The van der Waals surface area contributed by atoms with Crippen molar-refractivity contribution in [2.75, 3.05) is 7.11 Å². The summed E-state index contributed by atoms with van der Waals surface area (Å²) in [6.07, 6.45) is 2.17. The summed E-state index contributed by atoms with van der Waals surface area (Å²) < 4.78 is 5.36. The van der Waals surface area contributed by atoms with Crippen molar-refractivity contribution in [3.63, 3.8) is 0 Å². The number of nitrogens with one attached hydrogen (secondary N) is 1. The van der Waals surface area contributed by atoms with E-state index in [4.69, 9.17) is 16.3 Å². The molecule has 1 N–H and O–H groups in total. The summed E-state index contributed by atoms with van der Waals surface area (Å²) in [7, 11) is 1.67. The van der Waals surface area contributed by atoms with Crippen molar-refractivity contribution >= 4 is 11.6 Å². The van der Waals surface area contributed by atoms with Gasteiger partial charge in [-0.2, -0.15) is 0 Å². The highest BCUT2D eigenvalue weighted by Crippen LogP contribution is 2.26. The minimum absolute atomic E-state index is 0.422. The molecule has 0 spiro atoms. The van der Waals surface area contributed by atoms with Gasteiger partial charge in [0.25, 0.3) is 0 Å². The van der Waals surface area contributed by atoms with Gasteiger partial charge in [-0.15, -0.1) is 0 Å². The molecule has 0 aliphatic rings. The van der Waals surface area contributed by atoms with Gasteiger partial charge >= 0.3 is 0 Å². The second kappa shape index (κ2) is 8.06. The van der Waals surface area contributed by atoms with E-state index in [9.17, 15) is 0 Å². The molecule has 3 heteroatoms. The lowest BCUT2D eigenvalue weighted by Crippen LogP contribution is -2.26. The summed E-state index contributed by atoms with van der Waals surface area (Å²) in [6.45, 7) is 2.92. The van der Waals surface area contributed by atoms with E-state index in [1.165, 1.54) is 5.56 Å². The largest absolute Gasteiger partial charge is 0.496 e. The van der Waals surface area contributed by atoms with Crippen molar-refractivity contribution in [1.82, 2.24) is 5.32 Å². The Kier molecular flexibility index (Phi) is 6.09. The fraction of sp³-hybridized carbons (Fsp3) is 0.333. The summed E-state index contributed by atoms with van der Waals surface area (Å²) in [5, 5.41) is 4.27. The molecule has 0 aromatic heterocycles. The van der Waals surface area contributed by atoms with Gasteiger partial charge in [-0.25, -0.2) is 0 Å². The Bertz CT molecular complexity index is 556. The van der Waals surface area contributed by atoms with E-state index in [-0.39, 0.29) is 0 Å². The van der Waals surface area contributed by atoms with E-state index in [1.807, 2.05) is 18.2 Å². The Morgan fingerprint density at radius 3 is 2.57 bits per heavy atom. The van der Waals surface area contributed by atoms with Gasteiger partial charge in [0.15, 0.2) is 0 Å². The minimum Gasteiger partial charge on any atom is -0.496 e. The molecule has 0 radical (unpaired) electrons. The number of hydrogen-bond acceptors (Lipinski definition) is 2. The van der Waals surface area contributed by atoms with Gasteiger partial charge in [0.2, 0.25) is 0 Å². The first kappa shape index (κ1) is 15.9. The molecule has 2 aromatic carbocycles. The van der Waals surface area contributed by atoms with Crippen LogP contribution in [0.1, 0.15) is 24.5 Å². The molecule has 1 atom stereocenters. The van der Waals surface area contributed by atoms with E-state index in [1.54, 1.807) is 7.11 Å². The number of ether oxygens (including phenoxy) is 1. The lowest BCUT2D eigenvalue weighted by Gasteiger charge is -2.16. The van der Waals surface area contributed by atoms with Crippen LogP contribution in [-0.4, -0.2) is 13.2 Å². The molecule has 0 aliphatic carbocycles. The molecule has 2 rings (SSSR count). The zero-order valence-electron chi connectivity index (χ0n) is 12.6. The SMILES string of the molecule is COc1cccc(Cl)c1CNC(C)CCc1ccccc1. The Balaban J connectivity index is 1.85. The van der Waals surface area contributed by atoms with Crippen molar-refractivity contribution in [3.05, 3.63) is 64.7 Å². The van der Waals surface area contributed by atoms with E-state index >= 15 is 0 Å². The summed E-state index contributed by atoms with van der Waals surface area (Å²) in [6, 6.07) is 16.7. The van der Waals surface area contributed by atoms with Crippen molar-refractivity contribution in [3.8, 4) is 5.75 Å². The average Bonchev–Trinajstić information content (AvgIpc) is 2.52. The Labute approximate surface area is 132 Å². The van der Waals surface area contributed by atoms with Gasteiger partial charge < -0.3 is 10.1 Å². The first-order valence-corrected chi connectivity index (χ1v) is 7.67. The van der Waals surface area contributed by atoms with Crippen LogP contribution in [0.3, 0.4) is 0 Å². The second-order valence-electron chi connectivity index (χ2n) is 5.23. The highest BCUT2D eigenvalue weighted by atomic mass is 35.5. The average molecular weight is 304 g/mol. The van der Waals surface area contributed by atoms with E-state index in [0.29, 0.717) is 6.04 Å². The molecule has 21 heavy (non-hydrogen) atoms. The van der Waals surface area contributed by atoms with Crippen LogP contribution >= 0.6 is 11.6 Å². The molecule has 0 aliphatic heterocycles. The fourth-order valence-corrected chi connectivity index (χ4v) is 2.54. The van der Waals surface area contributed by atoms with Crippen molar-refractivity contribution < 1.29 is 4.74 Å². The molecular formula is C18H22ClNO. The molecule has 2 aromatic rings. The van der Waals surface area contributed by atoms with Crippen LogP contribution in [0.5, 0.6) is 5.75 Å². The van der Waals surface area contributed by atoms with Crippen LogP contribution in [0.25, 0.3) is 0 Å². The van der Waals surface area contributed by atoms with Crippen molar-refractivity contribution in [1.29, 1.82) is 0 Å². The van der Waals surface area contributed by atoms with Gasteiger partial charge in [0, 0.05) is 23.2 Å². The standard InChI is InChI=1S/C18H22ClNO/c1-14(11-12-15-7-4-3-5-8-15)20-13-16-17(19)9-6-10-18(16)21-2/h3-10,14,20H,11-13H2,1-2H3. The van der Waals surface area contributed by atoms with Crippen molar-refractivity contribution in [2.24, 2.45) is 0 Å². The van der Waals surface area contributed by atoms with E-state index in [0.717, 1.165) is 35.7 Å². The molecule has 0 bridgehead atoms. The minimum atomic E-state index is 0.422. The van der Waals surface area contributed by atoms with Crippen LogP contribution in [0.4, 0.5) is 0 Å². The number of aryl methyl sites for hydroxylation is 1. The van der Waals surface area contributed by atoms with Gasteiger partial charge in [0.1, 0.15) is 5.75 Å². The van der Waals surface area contributed by atoms with Gasteiger partial charge in [-0.05, 0) is 37.5 Å².